The van der Waals surface area contributed by atoms with Gasteiger partial charge in [-0.25, -0.2) is 0 Å². The minimum atomic E-state index is -1.84. The van der Waals surface area contributed by atoms with Crippen LogP contribution in [0.3, 0.4) is 0 Å². The van der Waals surface area contributed by atoms with E-state index in [1.54, 1.807) is 0 Å². The molecule has 200 valence electrons. The Bertz CT molecular complexity index is 812. The number of aldehydes is 1. The molecule has 2 bridgehead atoms. The first kappa shape index (κ1) is 27.5. The van der Waals surface area contributed by atoms with Crippen LogP contribution in [0.2, 0.25) is 18.1 Å². The number of allylic oxidation sites excluding steroid dienone is 1. The monoisotopic (exact) mass is 506 g/mol. The van der Waals surface area contributed by atoms with Crippen LogP contribution in [-0.2, 0) is 18.7 Å². The number of rotatable bonds is 7. The van der Waals surface area contributed by atoms with Crippen molar-refractivity contribution in [2.45, 2.75) is 117 Å². The van der Waals surface area contributed by atoms with Gasteiger partial charge in [-0.1, -0.05) is 52.7 Å². The first-order chi connectivity index (χ1) is 16.5. The standard InChI is InChI=1S/C29H50O5Si/c1-8-35(9-2,10-3)34-25-15-24-22(18-33-24)23-16-29(31)13-11-20(4)26(27(29,5)6)21(12-14-30)17-32-19-28(23,25)7/h14,21-25,31H,8-13,15-19H2,1-7H3. The Morgan fingerprint density at radius 3 is 2.40 bits per heavy atom. The third kappa shape index (κ3) is 4.43. The first-order valence-electron chi connectivity index (χ1n) is 14.2. The molecule has 6 heteroatoms. The van der Waals surface area contributed by atoms with Gasteiger partial charge in [-0.05, 0) is 56.7 Å². The Morgan fingerprint density at radius 1 is 1.14 bits per heavy atom. The Balaban J connectivity index is 1.77. The van der Waals surface area contributed by atoms with Gasteiger partial charge in [0.05, 0.1) is 37.6 Å². The predicted octanol–water partition coefficient (Wildman–Crippen LogP) is 5.91. The molecule has 0 aromatic heterocycles. The second kappa shape index (κ2) is 9.98. The fraction of sp³-hybridized carbons (Fsp3) is 0.897. The maximum absolute atomic E-state index is 12.5. The molecular formula is C29H50O5Si. The van der Waals surface area contributed by atoms with Crippen LogP contribution in [0.25, 0.3) is 0 Å². The van der Waals surface area contributed by atoms with Crippen LogP contribution in [0.4, 0.5) is 0 Å². The highest BCUT2D eigenvalue weighted by molar-refractivity contribution is 6.73. The van der Waals surface area contributed by atoms with Crippen LogP contribution < -0.4 is 0 Å². The molecule has 2 heterocycles. The van der Waals surface area contributed by atoms with Gasteiger partial charge in [0, 0.05) is 29.1 Å². The lowest BCUT2D eigenvalue weighted by Crippen LogP contribution is -2.66. The van der Waals surface area contributed by atoms with Gasteiger partial charge in [0.2, 0.25) is 0 Å². The SMILES string of the molecule is CC[Si](CC)(CC)OC1CC2OCC2C2CC3(O)CCC(C)=C(C(CC=O)COCC12C)C3(C)C. The van der Waals surface area contributed by atoms with E-state index in [0.717, 1.165) is 56.7 Å². The van der Waals surface area contributed by atoms with Gasteiger partial charge < -0.3 is 23.8 Å². The van der Waals surface area contributed by atoms with Gasteiger partial charge in [0.25, 0.3) is 0 Å². The highest BCUT2D eigenvalue weighted by Gasteiger charge is 2.62. The van der Waals surface area contributed by atoms with Gasteiger partial charge in [-0.2, -0.15) is 0 Å². The fourth-order valence-electron chi connectivity index (χ4n) is 8.25. The van der Waals surface area contributed by atoms with E-state index < -0.39 is 19.3 Å². The molecule has 0 amide bonds. The van der Waals surface area contributed by atoms with Crippen molar-refractivity contribution >= 4 is 14.6 Å². The number of aliphatic hydroxyl groups is 1. The molecule has 2 saturated heterocycles. The zero-order chi connectivity index (χ0) is 25.6. The van der Waals surface area contributed by atoms with Crippen molar-refractivity contribution in [3.63, 3.8) is 0 Å². The lowest BCUT2D eigenvalue weighted by atomic mass is 9.51. The van der Waals surface area contributed by atoms with E-state index in [2.05, 4.69) is 48.5 Å². The van der Waals surface area contributed by atoms with Crippen molar-refractivity contribution in [3.05, 3.63) is 11.1 Å². The minimum Gasteiger partial charge on any atom is -0.413 e. The van der Waals surface area contributed by atoms with E-state index >= 15 is 0 Å². The molecule has 0 aromatic carbocycles. The number of hydrogen-bond donors (Lipinski definition) is 1. The van der Waals surface area contributed by atoms with Crippen molar-refractivity contribution in [1.29, 1.82) is 0 Å². The first-order valence-corrected chi connectivity index (χ1v) is 16.8. The number of fused-ring (bicyclic) bond motifs is 5. The molecule has 1 saturated carbocycles. The lowest BCUT2D eigenvalue weighted by molar-refractivity contribution is -0.248. The molecule has 7 unspecified atom stereocenters. The molecule has 1 N–H and O–H groups in total. The van der Waals surface area contributed by atoms with E-state index in [9.17, 15) is 9.90 Å². The second-order valence-corrected chi connectivity index (χ2v) is 17.6. The third-order valence-corrected chi connectivity index (χ3v) is 15.8. The van der Waals surface area contributed by atoms with Crippen molar-refractivity contribution in [3.8, 4) is 0 Å². The Morgan fingerprint density at radius 2 is 1.83 bits per heavy atom. The van der Waals surface area contributed by atoms with Gasteiger partial charge >= 0.3 is 0 Å². The average molecular weight is 507 g/mol. The maximum atomic E-state index is 12.5. The fourth-order valence-corrected chi connectivity index (χ4v) is 11.2. The summed E-state index contributed by atoms with van der Waals surface area (Å²) in [7, 11) is -1.84. The van der Waals surface area contributed by atoms with Gasteiger partial charge in [-0.3, -0.25) is 0 Å². The highest BCUT2D eigenvalue weighted by atomic mass is 28.4. The molecule has 0 spiro atoms. The Hall–Kier alpha value is -0.533. The van der Waals surface area contributed by atoms with Crippen molar-refractivity contribution < 1.29 is 23.8 Å². The second-order valence-electron chi connectivity index (χ2n) is 12.9. The van der Waals surface area contributed by atoms with Crippen LogP contribution in [0.1, 0.15) is 80.6 Å². The summed E-state index contributed by atoms with van der Waals surface area (Å²) in [6.07, 6.45) is 5.12. The molecule has 2 aliphatic heterocycles. The summed E-state index contributed by atoms with van der Waals surface area (Å²) in [6, 6.07) is 3.37. The smallest absolute Gasteiger partial charge is 0.192 e. The third-order valence-electron chi connectivity index (χ3n) is 11.1. The molecule has 4 rings (SSSR count). The Labute approximate surface area is 214 Å². The summed E-state index contributed by atoms with van der Waals surface area (Å²) >= 11 is 0. The topological polar surface area (TPSA) is 65.0 Å². The molecule has 0 aromatic rings. The molecular weight excluding hydrogens is 456 g/mol. The van der Waals surface area contributed by atoms with E-state index in [1.165, 1.54) is 11.1 Å². The molecule has 7 atom stereocenters. The zero-order valence-electron chi connectivity index (χ0n) is 23.3. The molecule has 3 fully saturated rings. The van der Waals surface area contributed by atoms with Crippen molar-refractivity contribution in [1.82, 2.24) is 0 Å². The number of hydrogen-bond acceptors (Lipinski definition) is 5. The minimum absolute atomic E-state index is 0.0209. The number of carbonyl (C=O) groups is 1. The van der Waals surface area contributed by atoms with Crippen LogP contribution in [0, 0.1) is 28.6 Å². The lowest BCUT2D eigenvalue weighted by Gasteiger charge is -2.62. The highest BCUT2D eigenvalue weighted by Crippen LogP contribution is 2.60. The number of carbonyl (C=O) groups excluding carboxylic acids is 1. The summed E-state index contributed by atoms with van der Waals surface area (Å²) in [5, 5.41) is 12.5. The largest absolute Gasteiger partial charge is 0.413 e. The summed E-state index contributed by atoms with van der Waals surface area (Å²) in [5.74, 6) is 0.751. The molecule has 4 aliphatic rings. The molecule has 5 nitrogen and oxygen atoms in total. The van der Waals surface area contributed by atoms with Gasteiger partial charge in [-0.15, -0.1) is 0 Å². The van der Waals surface area contributed by atoms with Gasteiger partial charge in [0.1, 0.15) is 6.29 Å². The average Bonchev–Trinajstić information content (AvgIpc) is 2.80. The van der Waals surface area contributed by atoms with Crippen LogP contribution in [-0.4, -0.2) is 57.3 Å². The molecule has 35 heavy (non-hydrogen) atoms. The van der Waals surface area contributed by atoms with E-state index in [1.807, 2.05) is 0 Å². The summed E-state index contributed by atoms with van der Waals surface area (Å²) < 4.78 is 19.9. The summed E-state index contributed by atoms with van der Waals surface area (Å²) in [4.78, 5) is 11.7. The number of ether oxygens (including phenoxy) is 2. The van der Waals surface area contributed by atoms with Crippen molar-refractivity contribution in [2.75, 3.05) is 19.8 Å². The van der Waals surface area contributed by atoms with E-state index in [4.69, 9.17) is 13.9 Å². The molecule has 0 radical (unpaired) electrons. The zero-order valence-corrected chi connectivity index (χ0v) is 24.3. The van der Waals surface area contributed by atoms with Crippen molar-refractivity contribution in [2.24, 2.45) is 28.6 Å². The van der Waals surface area contributed by atoms with Crippen LogP contribution >= 0.6 is 0 Å². The summed E-state index contributed by atoms with van der Waals surface area (Å²) in [5.41, 5.74) is 1.17. The van der Waals surface area contributed by atoms with Crippen LogP contribution in [0.15, 0.2) is 11.1 Å². The summed E-state index contributed by atoms with van der Waals surface area (Å²) in [6.45, 7) is 17.8. The van der Waals surface area contributed by atoms with Gasteiger partial charge in [0.15, 0.2) is 8.32 Å². The molecule has 2 aliphatic carbocycles. The van der Waals surface area contributed by atoms with E-state index in [-0.39, 0.29) is 29.5 Å². The maximum Gasteiger partial charge on any atom is 0.192 e. The van der Waals surface area contributed by atoms with E-state index in [0.29, 0.717) is 25.6 Å². The predicted molar refractivity (Wildman–Crippen MR) is 142 cm³/mol. The Kier molecular flexibility index (Phi) is 7.84. The van der Waals surface area contributed by atoms with Crippen LogP contribution in [0.5, 0.6) is 0 Å². The quantitative estimate of drug-likeness (QED) is 0.264. The normalized spacial score (nSPS) is 41.4.